The second-order valence-corrected chi connectivity index (χ2v) is 6.69. The molecule has 2 heterocycles. The third kappa shape index (κ3) is 2.86. The first kappa shape index (κ1) is 15.7. The maximum atomic E-state index is 12.6. The highest BCUT2D eigenvalue weighted by Crippen LogP contribution is 2.21. The molecule has 0 radical (unpaired) electrons. The zero-order valence-corrected chi connectivity index (χ0v) is 13.8. The fourth-order valence-electron chi connectivity index (χ4n) is 2.46. The van der Waals surface area contributed by atoms with Crippen LogP contribution in [0.2, 0.25) is 0 Å². The van der Waals surface area contributed by atoms with Crippen molar-refractivity contribution in [1.29, 1.82) is 0 Å². The molecule has 2 aromatic rings. The number of nitrogens with one attached hydrogen (secondary N) is 1. The average Bonchev–Trinajstić information content (AvgIpc) is 2.94. The van der Waals surface area contributed by atoms with Gasteiger partial charge in [0.15, 0.2) is 0 Å². The molecule has 21 heavy (non-hydrogen) atoms. The summed E-state index contributed by atoms with van der Waals surface area (Å²) in [5.41, 5.74) is 1.11. The SMILES string of the molecule is CCn1ccnc1[C@H](C)NS(=O)(=O)c1c(C)nn(C)c1C. The number of sulfonamides is 1. The minimum atomic E-state index is -3.64. The summed E-state index contributed by atoms with van der Waals surface area (Å²) >= 11 is 0. The Hall–Kier alpha value is -1.67. The molecule has 0 aliphatic heterocycles. The quantitative estimate of drug-likeness (QED) is 0.902. The highest BCUT2D eigenvalue weighted by Gasteiger charge is 2.27. The van der Waals surface area contributed by atoms with Crippen molar-refractivity contribution in [2.45, 2.75) is 45.2 Å². The first-order chi connectivity index (χ1) is 9.77. The lowest BCUT2D eigenvalue weighted by Gasteiger charge is -2.15. The summed E-state index contributed by atoms with van der Waals surface area (Å²) in [5, 5.41) is 4.16. The fraction of sp³-hybridized carbons (Fsp3) is 0.538. The lowest BCUT2D eigenvalue weighted by Crippen LogP contribution is -2.29. The minimum Gasteiger partial charge on any atom is -0.334 e. The Morgan fingerprint density at radius 2 is 2.05 bits per heavy atom. The molecule has 0 saturated heterocycles. The Bertz CT molecular complexity index is 745. The number of imidazole rings is 1. The summed E-state index contributed by atoms with van der Waals surface area (Å²) < 4.78 is 31.3. The monoisotopic (exact) mass is 311 g/mol. The van der Waals surface area contributed by atoms with E-state index in [1.807, 2.05) is 17.7 Å². The van der Waals surface area contributed by atoms with E-state index in [0.717, 1.165) is 6.54 Å². The van der Waals surface area contributed by atoms with Crippen LogP contribution in [-0.2, 0) is 23.6 Å². The normalized spacial score (nSPS) is 13.6. The summed E-state index contributed by atoms with van der Waals surface area (Å²) in [6.45, 7) is 7.95. The lowest BCUT2D eigenvalue weighted by molar-refractivity contribution is 0.546. The van der Waals surface area contributed by atoms with Crippen molar-refractivity contribution in [2.75, 3.05) is 0 Å². The first-order valence-corrected chi connectivity index (χ1v) is 8.29. The summed E-state index contributed by atoms with van der Waals surface area (Å²) in [6, 6.07) is -0.413. The zero-order chi connectivity index (χ0) is 15.8. The van der Waals surface area contributed by atoms with Crippen molar-refractivity contribution in [2.24, 2.45) is 7.05 Å². The Kier molecular flexibility index (Phi) is 4.20. The van der Waals surface area contributed by atoms with Gasteiger partial charge in [0.05, 0.1) is 17.4 Å². The zero-order valence-electron chi connectivity index (χ0n) is 13.0. The lowest BCUT2D eigenvalue weighted by atomic mass is 10.3. The second-order valence-electron chi connectivity index (χ2n) is 5.04. The summed E-state index contributed by atoms with van der Waals surface area (Å²) in [4.78, 5) is 4.47. The van der Waals surface area contributed by atoms with E-state index in [1.165, 1.54) is 0 Å². The van der Waals surface area contributed by atoms with Crippen LogP contribution in [-0.4, -0.2) is 27.7 Å². The Morgan fingerprint density at radius 1 is 1.38 bits per heavy atom. The standard InChI is InChI=1S/C13H21N5O2S/c1-6-18-8-7-14-13(18)10(3)16-21(19,20)12-9(2)15-17(5)11(12)4/h7-8,10,16H,6H2,1-5H3/t10-/m0/s1. The van der Waals surface area contributed by atoms with E-state index in [9.17, 15) is 8.42 Å². The molecule has 8 heteroatoms. The molecule has 0 aliphatic rings. The van der Waals surface area contributed by atoms with Gasteiger partial charge in [0.1, 0.15) is 10.7 Å². The number of rotatable bonds is 5. The molecule has 1 atom stereocenters. The van der Waals surface area contributed by atoms with Gasteiger partial charge in [-0.05, 0) is 27.7 Å². The summed E-state index contributed by atoms with van der Waals surface area (Å²) in [5.74, 6) is 0.695. The molecule has 0 fully saturated rings. The number of hydrogen-bond donors (Lipinski definition) is 1. The third-order valence-corrected chi connectivity index (χ3v) is 5.31. The smallest absolute Gasteiger partial charge is 0.244 e. The topological polar surface area (TPSA) is 81.8 Å². The third-order valence-electron chi connectivity index (χ3n) is 3.52. The van der Waals surface area contributed by atoms with Crippen molar-refractivity contribution >= 4 is 10.0 Å². The molecule has 1 N–H and O–H groups in total. The molecule has 0 bridgehead atoms. The van der Waals surface area contributed by atoms with Crippen molar-refractivity contribution in [1.82, 2.24) is 24.1 Å². The maximum Gasteiger partial charge on any atom is 0.244 e. The van der Waals surface area contributed by atoms with E-state index in [-0.39, 0.29) is 4.90 Å². The fourth-order valence-corrected chi connectivity index (χ4v) is 4.10. The van der Waals surface area contributed by atoms with Crippen molar-refractivity contribution in [3.8, 4) is 0 Å². The van der Waals surface area contributed by atoms with Crippen LogP contribution in [0.3, 0.4) is 0 Å². The van der Waals surface area contributed by atoms with Crippen molar-refractivity contribution < 1.29 is 8.42 Å². The molecule has 0 saturated carbocycles. The van der Waals surface area contributed by atoms with Gasteiger partial charge in [-0.25, -0.2) is 18.1 Å². The van der Waals surface area contributed by atoms with Gasteiger partial charge in [-0.2, -0.15) is 5.10 Å². The number of hydrogen-bond acceptors (Lipinski definition) is 4. The minimum absolute atomic E-state index is 0.242. The molecule has 0 amide bonds. The first-order valence-electron chi connectivity index (χ1n) is 6.81. The number of aryl methyl sites for hydroxylation is 3. The second kappa shape index (κ2) is 5.61. The maximum absolute atomic E-state index is 12.6. The van der Waals surface area contributed by atoms with Gasteiger partial charge < -0.3 is 4.57 Å². The van der Waals surface area contributed by atoms with E-state index in [1.54, 1.807) is 38.7 Å². The van der Waals surface area contributed by atoms with Crippen LogP contribution in [0.15, 0.2) is 17.3 Å². The van der Waals surface area contributed by atoms with Crippen LogP contribution in [0.25, 0.3) is 0 Å². The van der Waals surface area contributed by atoms with Gasteiger partial charge in [-0.1, -0.05) is 0 Å². The van der Waals surface area contributed by atoms with Gasteiger partial charge in [0.25, 0.3) is 0 Å². The highest BCUT2D eigenvalue weighted by atomic mass is 32.2. The largest absolute Gasteiger partial charge is 0.334 e. The van der Waals surface area contributed by atoms with Crippen molar-refractivity contribution in [3.63, 3.8) is 0 Å². The van der Waals surface area contributed by atoms with E-state index >= 15 is 0 Å². The highest BCUT2D eigenvalue weighted by molar-refractivity contribution is 7.89. The Labute approximate surface area is 125 Å². The number of aromatic nitrogens is 4. The molecule has 0 unspecified atom stereocenters. The number of nitrogens with zero attached hydrogens (tertiary/aromatic N) is 4. The molecule has 116 valence electrons. The van der Waals surface area contributed by atoms with Crippen LogP contribution in [0, 0.1) is 13.8 Å². The van der Waals surface area contributed by atoms with Crippen LogP contribution in [0.5, 0.6) is 0 Å². The van der Waals surface area contributed by atoms with Crippen LogP contribution >= 0.6 is 0 Å². The van der Waals surface area contributed by atoms with Gasteiger partial charge in [0.2, 0.25) is 10.0 Å². The predicted molar refractivity (Wildman–Crippen MR) is 79.3 cm³/mol. The molecule has 2 aromatic heterocycles. The van der Waals surface area contributed by atoms with Gasteiger partial charge in [-0.3, -0.25) is 4.68 Å². The van der Waals surface area contributed by atoms with Crippen LogP contribution < -0.4 is 4.72 Å². The molecule has 0 aromatic carbocycles. The van der Waals surface area contributed by atoms with Gasteiger partial charge in [0, 0.05) is 26.0 Å². The van der Waals surface area contributed by atoms with Gasteiger partial charge >= 0.3 is 0 Å². The summed E-state index contributed by atoms with van der Waals surface area (Å²) in [6.07, 6.45) is 3.50. The molecule has 0 aliphatic carbocycles. The summed E-state index contributed by atoms with van der Waals surface area (Å²) in [7, 11) is -1.91. The van der Waals surface area contributed by atoms with Crippen molar-refractivity contribution in [3.05, 3.63) is 29.6 Å². The molecular weight excluding hydrogens is 290 g/mol. The Balaban J connectivity index is 2.33. The predicted octanol–water partition coefficient (Wildman–Crippen LogP) is 1.29. The average molecular weight is 311 g/mol. The van der Waals surface area contributed by atoms with Gasteiger partial charge in [-0.15, -0.1) is 0 Å². The van der Waals surface area contributed by atoms with E-state index in [4.69, 9.17) is 0 Å². The molecular formula is C13H21N5O2S. The van der Waals surface area contributed by atoms with Crippen LogP contribution in [0.4, 0.5) is 0 Å². The Morgan fingerprint density at radius 3 is 2.57 bits per heavy atom. The molecule has 7 nitrogen and oxygen atoms in total. The van der Waals surface area contributed by atoms with Crippen LogP contribution in [0.1, 0.15) is 37.1 Å². The van der Waals surface area contributed by atoms with E-state index in [0.29, 0.717) is 17.2 Å². The molecule has 0 spiro atoms. The molecule has 2 rings (SSSR count). The van der Waals surface area contributed by atoms with E-state index in [2.05, 4.69) is 14.8 Å². The van der Waals surface area contributed by atoms with E-state index < -0.39 is 16.1 Å².